The topological polar surface area (TPSA) is 117 Å². The number of benzene rings is 1. The monoisotopic (exact) mass is 490 g/mol. The smallest absolute Gasteiger partial charge is 0.433 e. The molecule has 186 valence electrons. The number of rotatable bonds is 9. The summed E-state index contributed by atoms with van der Waals surface area (Å²) in [5, 5.41) is 24.2. The number of halogens is 3. The van der Waals surface area contributed by atoms with E-state index in [1.54, 1.807) is 37.3 Å². The van der Waals surface area contributed by atoms with E-state index in [1.165, 1.54) is 6.07 Å². The van der Waals surface area contributed by atoms with Crippen LogP contribution in [0.3, 0.4) is 0 Å². The number of nitrogens with zero attached hydrogens (tertiary/aromatic N) is 2. The number of pyridine rings is 2. The van der Waals surface area contributed by atoms with Crippen molar-refractivity contribution in [1.29, 1.82) is 0 Å². The summed E-state index contributed by atoms with van der Waals surface area (Å²) < 4.78 is 44.4. The van der Waals surface area contributed by atoms with Gasteiger partial charge in [-0.2, -0.15) is 18.2 Å². The van der Waals surface area contributed by atoms with E-state index < -0.39 is 23.9 Å². The van der Waals surface area contributed by atoms with Gasteiger partial charge in [-0.1, -0.05) is 6.07 Å². The van der Waals surface area contributed by atoms with Gasteiger partial charge in [-0.15, -0.1) is 0 Å². The number of anilines is 2. The number of carbonyl (C=O) groups excluding carboxylic acids is 1. The molecule has 0 unspecified atom stereocenters. The van der Waals surface area contributed by atoms with Gasteiger partial charge >= 0.3 is 6.18 Å². The summed E-state index contributed by atoms with van der Waals surface area (Å²) in [6.07, 6.45) is -4.43. The summed E-state index contributed by atoms with van der Waals surface area (Å²) in [6, 6.07) is 10.4. The van der Waals surface area contributed by atoms with Gasteiger partial charge in [0, 0.05) is 30.1 Å². The fourth-order valence-electron chi connectivity index (χ4n) is 3.16. The highest BCUT2D eigenvalue weighted by Gasteiger charge is 2.33. The van der Waals surface area contributed by atoms with Crippen molar-refractivity contribution in [2.24, 2.45) is 0 Å². The van der Waals surface area contributed by atoms with E-state index in [9.17, 15) is 23.1 Å². The lowest BCUT2D eigenvalue weighted by atomic mass is 10.0. The molecule has 0 fully saturated rings. The third-order valence-corrected chi connectivity index (χ3v) is 4.81. The van der Waals surface area contributed by atoms with Gasteiger partial charge in [0.05, 0.1) is 12.7 Å². The third kappa shape index (κ3) is 7.14. The minimum absolute atomic E-state index is 0.0246. The molecule has 11 heteroatoms. The zero-order chi connectivity index (χ0) is 25.6. The van der Waals surface area contributed by atoms with E-state index in [0.717, 1.165) is 11.8 Å². The summed E-state index contributed by atoms with van der Waals surface area (Å²) in [6.45, 7) is 3.61. The van der Waals surface area contributed by atoms with Crippen LogP contribution in [0.4, 0.5) is 24.7 Å². The van der Waals surface area contributed by atoms with Crippen LogP contribution in [-0.4, -0.2) is 52.0 Å². The molecule has 0 aliphatic heterocycles. The molecule has 0 radical (unpaired) electrons. The number of hydrogen-bond donors (Lipinski definition) is 4. The van der Waals surface area contributed by atoms with Crippen molar-refractivity contribution in [3.63, 3.8) is 0 Å². The van der Waals surface area contributed by atoms with Crippen LogP contribution in [0, 0.1) is 6.92 Å². The molecule has 0 bridgehead atoms. The van der Waals surface area contributed by atoms with Crippen LogP contribution in [-0.2, 0) is 6.18 Å². The number of alkyl halides is 3. The van der Waals surface area contributed by atoms with Crippen molar-refractivity contribution in [1.82, 2.24) is 9.97 Å². The number of hydrogen-bond acceptors (Lipinski definition) is 7. The summed E-state index contributed by atoms with van der Waals surface area (Å²) >= 11 is 0. The molecule has 2 heterocycles. The average Bonchev–Trinajstić information content (AvgIpc) is 2.82. The van der Waals surface area contributed by atoms with Crippen LogP contribution in [0.5, 0.6) is 5.88 Å². The molecule has 2 aromatic heterocycles. The molecular formula is C24H25F3N4O4. The molecule has 0 aliphatic carbocycles. The zero-order valence-corrected chi connectivity index (χ0v) is 19.1. The Hall–Kier alpha value is -3.70. The zero-order valence-electron chi connectivity index (χ0n) is 19.1. The summed E-state index contributed by atoms with van der Waals surface area (Å²) in [7, 11) is 0. The van der Waals surface area contributed by atoms with Gasteiger partial charge in [0.25, 0.3) is 5.91 Å². The highest BCUT2D eigenvalue weighted by molar-refractivity contribution is 6.04. The van der Waals surface area contributed by atoms with E-state index >= 15 is 0 Å². The molecule has 0 saturated heterocycles. The predicted octanol–water partition coefficient (Wildman–Crippen LogP) is 3.89. The number of aliphatic hydroxyl groups excluding tert-OH is 2. The summed E-state index contributed by atoms with van der Waals surface area (Å²) in [4.78, 5) is 20.2. The molecule has 1 atom stereocenters. The lowest BCUT2D eigenvalue weighted by molar-refractivity contribution is -0.141. The highest BCUT2D eigenvalue weighted by atomic mass is 19.4. The fourth-order valence-corrected chi connectivity index (χ4v) is 3.16. The van der Waals surface area contributed by atoms with Crippen molar-refractivity contribution in [3.8, 4) is 17.0 Å². The van der Waals surface area contributed by atoms with E-state index in [0.29, 0.717) is 28.7 Å². The maximum Gasteiger partial charge on any atom is 0.433 e. The maximum atomic E-state index is 12.9. The van der Waals surface area contributed by atoms with Crippen LogP contribution in [0.1, 0.15) is 28.5 Å². The SMILES string of the molecule is Cc1ccc(NC(=O)c2ccnc(C(F)(F)F)c2)cc1-c1cc(NCCO)nc(OC[C@@H](C)O)c1. The molecular weight excluding hydrogens is 465 g/mol. The molecule has 35 heavy (non-hydrogen) atoms. The molecule has 8 nitrogen and oxygen atoms in total. The molecule has 0 spiro atoms. The van der Waals surface area contributed by atoms with E-state index in [1.807, 2.05) is 6.92 Å². The van der Waals surface area contributed by atoms with Crippen molar-refractivity contribution < 1.29 is 32.9 Å². The van der Waals surface area contributed by atoms with Gasteiger partial charge in [-0.05, 0) is 60.9 Å². The molecule has 0 saturated carbocycles. The molecule has 1 aromatic carbocycles. The highest BCUT2D eigenvalue weighted by Crippen LogP contribution is 2.31. The van der Waals surface area contributed by atoms with E-state index in [-0.39, 0.29) is 31.2 Å². The van der Waals surface area contributed by atoms with Gasteiger partial charge in [0.1, 0.15) is 18.1 Å². The van der Waals surface area contributed by atoms with Gasteiger partial charge in [-0.3, -0.25) is 9.78 Å². The Morgan fingerprint density at radius 2 is 1.94 bits per heavy atom. The minimum Gasteiger partial charge on any atom is -0.475 e. The van der Waals surface area contributed by atoms with Crippen LogP contribution >= 0.6 is 0 Å². The average molecular weight is 490 g/mol. The Balaban J connectivity index is 1.91. The van der Waals surface area contributed by atoms with Gasteiger partial charge in [0.15, 0.2) is 0 Å². The first-order valence-electron chi connectivity index (χ1n) is 10.7. The second-order valence-electron chi connectivity index (χ2n) is 7.80. The molecule has 3 aromatic rings. The Morgan fingerprint density at radius 3 is 2.63 bits per heavy atom. The number of aliphatic hydroxyl groups is 2. The number of amides is 1. The summed E-state index contributed by atoms with van der Waals surface area (Å²) in [5.41, 5.74) is 1.28. The number of ether oxygens (including phenoxy) is 1. The van der Waals surface area contributed by atoms with Crippen molar-refractivity contribution in [2.45, 2.75) is 26.1 Å². The Bertz CT molecular complexity index is 1190. The van der Waals surface area contributed by atoms with Crippen LogP contribution in [0.15, 0.2) is 48.7 Å². The number of carbonyl (C=O) groups is 1. The van der Waals surface area contributed by atoms with Crippen LogP contribution in [0.2, 0.25) is 0 Å². The number of aromatic nitrogens is 2. The Kier molecular flexibility index (Phi) is 8.26. The lowest BCUT2D eigenvalue weighted by Gasteiger charge is -2.15. The van der Waals surface area contributed by atoms with Crippen molar-refractivity contribution >= 4 is 17.4 Å². The van der Waals surface area contributed by atoms with Gasteiger partial charge in [0.2, 0.25) is 5.88 Å². The first kappa shape index (κ1) is 25.9. The first-order valence-corrected chi connectivity index (χ1v) is 10.7. The Labute approximate surface area is 199 Å². The number of aryl methyl sites for hydroxylation is 1. The first-order chi connectivity index (χ1) is 16.6. The van der Waals surface area contributed by atoms with Crippen LogP contribution < -0.4 is 15.4 Å². The molecule has 4 N–H and O–H groups in total. The lowest BCUT2D eigenvalue weighted by Crippen LogP contribution is -2.15. The molecule has 3 rings (SSSR count). The number of nitrogens with one attached hydrogen (secondary N) is 2. The normalized spacial score (nSPS) is 12.2. The fraction of sp³-hybridized carbons (Fsp3) is 0.292. The van der Waals surface area contributed by atoms with E-state index in [4.69, 9.17) is 9.84 Å². The second-order valence-corrected chi connectivity index (χ2v) is 7.80. The van der Waals surface area contributed by atoms with E-state index in [2.05, 4.69) is 20.6 Å². The second kappa shape index (κ2) is 11.2. The van der Waals surface area contributed by atoms with Gasteiger partial charge < -0.3 is 25.6 Å². The minimum atomic E-state index is -4.66. The Morgan fingerprint density at radius 1 is 1.17 bits per heavy atom. The predicted molar refractivity (Wildman–Crippen MR) is 124 cm³/mol. The summed E-state index contributed by atoms with van der Waals surface area (Å²) in [5.74, 6) is -0.0368. The van der Waals surface area contributed by atoms with Crippen LogP contribution in [0.25, 0.3) is 11.1 Å². The van der Waals surface area contributed by atoms with Crippen molar-refractivity contribution in [2.75, 3.05) is 30.4 Å². The largest absolute Gasteiger partial charge is 0.475 e. The maximum absolute atomic E-state index is 12.9. The van der Waals surface area contributed by atoms with Crippen molar-refractivity contribution in [3.05, 3.63) is 65.5 Å². The quantitative estimate of drug-likeness (QED) is 0.360. The molecule has 1 amide bonds. The molecule has 0 aliphatic rings. The van der Waals surface area contributed by atoms with Gasteiger partial charge in [-0.25, -0.2) is 0 Å². The third-order valence-electron chi connectivity index (χ3n) is 4.81. The standard InChI is InChI=1S/C24H25F3N4O4/c1-14-3-4-18(30-23(34)16-5-6-28-20(9-16)24(25,26)27)12-19(14)17-10-21(29-7-8-32)31-22(11-17)35-13-15(2)33/h3-6,9-12,15,32-33H,7-8,13H2,1-2H3,(H,29,31)(H,30,34)/t15-/m1/s1.